The fraction of sp³-hybridized carbons (Fsp3) is 0.533. The van der Waals surface area contributed by atoms with Gasteiger partial charge in [-0.2, -0.15) is 0 Å². The first kappa shape index (κ1) is 15.5. The number of ether oxygens (including phenoxy) is 1. The number of benzene rings is 1. The summed E-state index contributed by atoms with van der Waals surface area (Å²) in [5, 5.41) is 12.0. The van der Waals surface area contributed by atoms with Crippen molar-refractivity contribution in [1.82, 2.24) is 5.32 Å². The van der Waals surface area contributed by atoms with Crippen LogP contribution in [-0.2, 0) is 4.79 Å². The first-order valence-electron chi connectivity index (χ1n) is 6.44. The summed E-state index contributed by atoms with van der Waals surface area (Å²) in [6.07, 6.45) is 0.210. The van der Waals surface area contributed by atoms with Gasteiger partial charge in [-0.25, -0.2) is 0 Å². The number of carbonyl (C=O) groups is 1. The number of aliphatic carboxylic acids is 1. The molecule has 4 heteroatoms. The van der Waals surface area contributed by atoms with E-state index in [0.29, 0.717) is 6.42 Å². The van der Waals surface area contributed by atoms with E-state index in [-0.39, 0.29) is 6.10 Å². The Labute approximate surface area is 114 Å². The maximum absolute atomic E-state index is 11.2. The fourth-order valence-corrected chi connectivity index (χ4v) is 1.93. The first-order chi connectivity index (χ1) is 8.78. The zero-order valence-corrected chi connectivity index (χ0v) is 12.3. The molecule has 0 aliphatic carbocycles. The fourth-order valence-electron chi connectivity index (χ4n) is 1.93. The molecule has 1 aromatic rings. The van der Waals surface area contributed by atoms with Crippen molar-refractivity contribution in [3.8, 4) is 5.75 Å². The molecule has 0 aliphatic rings. The van der Waals surface area contributed by atoms with Crippen molar-refractivity contribution in [2.45, 2.75) is 45.8 Å². The van der Waals surface area contributed by atoms with Gasteiger partial charge in [0.05, 0.1) is 6.10 Å². The summed E-state index contributed by atoms with van der Waals surface area (Å²) in [6, 6.07) is 5.89. The average Bonchev–Trinajstić information content (AvgIpc) is 2.33. The standard InChI is InChI=1S/C15H23NO3/c1-10-6-7-13(8-11(10)2)19-12(3)9-15(4,16-5)14(17)18/h6-8,12,16H,9H2,1-5H3,(H,17,18). The highest BCUT2D eigenvalue weighted by molar-refractivity contribution is 5.78. The maximum atomic E-state index is 11.2. The summed E-state index contributed by atoms with van der Waals surface area (Å²) in [5.74, 6) is -0.0926. The topological polar surface area (TPSA) is 58.6 Å². The van der Waals surface area contributed by atoms with Crippen LogP contribution in [-0.4, -0.2) is 29.8 Å². The van der Waals surface area contributed by atoms with Crippen LogP contribution in [0.1, 0.15) is 31.4 Å². The monoisotopic (exact) mass is 265 g/mol. The van der Waals surface area contributed by atoms with Crippen LogP contribution in [0, 0.1) is 13.8 Å². The van der Waals surface area contributed by atoms with Crippen molar-refractivity contribution in [1.29, 1.82) is 0 Å². The zero-order chi connectivity index (χ0) is 14.6. The Morgan fingerprint density at radius 3 is 2.53 bits per heavy atom. The van der Waals surface area contributed by atoms with Gasteiger partial charge in [0.2, 0.25) is 0 Å². The van der Waals surface area contributed by atoms with Crippen LogP contribution in [0.2, 0.25) is 0 Å². The molecule has 0 fully saturated rings. The first-order valence-corrected chi connectivity index (χ1v) is 6.44. The van der Waals surface area contributed by atoms with Gasteiger partial charge in [-0.15, -0.1) is 0 Å². The predicted molar refractivity (Wildman–Crippen MR) is 75.7 cm³/mol. The molecule has 0 heterocycles. The molecule has 0 radical (unpaired) electrons. The van der Waals surface area contributed by atoms with E-state index >= 15 is 0 Å². The van der Waals surface area contributed by atoms with Gasteiger partial charge in [0.1, 0.15) is 11.3 Å². The third-order valence-corrected chi connectivity index (χ3v) is 3.54. The minimum absolute atomic E-state index is 0.185. The number of hydrogen-bond acceptors (Lipinski definition) is 3. The molecule has 2 unspecified atom stereocenters. The van der Waals surface area contributed by atoms with E-state index in [1.165, 1.54) is 11.1 Å². The van der Waals surface area contributed by atoms with Gasteiger partial charge in [-0.3, -0.25) is 4.79 Å². The summed E-state index contributed by atoms with van der Waals surface area (Å²) < 4.78 is 5.79. The molecule has 0 aliphatic heterocycles. The van der Waals surface area contributed by atoms with E-state index in [4.69, 9.17) is 4.74 Å². The van der Waals surface area contributed by atoms with Crippen molar-refractivity contribution in [3.05, 3.63) is 29.3 Å². The largest absolute Gasteiger partial charge is 0.491 e. The van der Waals surface area contributed by atoms with Gasteiger partial charge in [-0.1, -0.05) is 6.07 Å². The molecule has 0 bridgehead atoms. The molecule has 0 saturated heterocycles. The van der Waals surface area contributed by atoms with E-state index in [1.54, 1.807) is 14.0 Å². The van der Waals surface area contributed by atoms with Crippen molar-refractivity contribution in [2.75, 3.05) is 7.05 Å². The van der Waals surface area contributed by atoms with Gasteiger partial charge < -0.3 is 15.2 Å². The summed E-state index contributed by atoms with van der Waals surface area (Å²) >= 11 is 0. The second kappa shape index (κ2) is 6.06. The Bertz CT molecular complexity index is 459. The minimum Gasteiger partial charge on any atom is -0.491 e. The van der Waals surface area contributed by atoms with Gasteiger partial charge in [0, 0.05) is 6.42 Å². The molecule has 1 rings (SSSR count). The quantitative estimate of drug-likeness (QED) is 0.830. The molecule has 0 saturated carbocycles. The second-order valence-electron chi connectivity index (χ2n) is 5.27. The van der Waals surface area contributed by atoms with Gasteiger partial charge in [0.25, 0.3) is 0 Å². The Hall–Kier alpha value is -1.55. The van der Waals surface area contributed by atoms with E-state index in [1.807, 2.05) is 39.0 Å². The van der Waals surface area contributed by atoms with E-state index in [9.17, 15) is 9.90 Å². The third kappa shape index (κ3) is 3.96. The summed E-state index contributed by atoms with van der Waals surface area (Å²) in [7, 11) is 1.65. The maximum Gasteiger partial charge on any atom is 0.323 e. The van der Waals surface area contributed by atoms with Crippen LogP contribution < -0.4 is 10.1 Å². The Balaban J connectivity index is 2.71. The van der Waals surface area contributed by atoms with Crippen LogP contribution in [0.15, 0.2) is 18.2 Å². The Morgan fingerprint density at radius 2 is 2.05 bits per heavy atom. The third-order valence-electron chi connectivity index (χ3n) is 3.54. The molecule has 1 aromatic carbocycles. The molecule has 2 atom stereocenters. The number of likely N-dealkylation sites (N-methyl/N-ethyl adjacent to an activating group) is 1. The van der Waals surface area contributed by atoms with Crippen molar-refractivity contribution >= 4 is 5.97 Å². The van der Waals surface area contributed by atoms with Crippen LogP contribution in [0.4, 0.5) is 0 Å². The highest BCUT2D eigenvalue weighted by Crippen LogP contribution is 2.21. The molecule has 106 valence electrons. The lowest BCUT2D eigenvalue weighted by atomic mass is 9.95. The molecule has 19 heavy (non-hydrogen) atoms. The molecule has 0 aromatic heterocycles. The summed E-state index contributed by atoms with van der Waals surface area (Å²) in [6.45, 7) is 7.62. The summed E-state index contributed by atoms with van der Waals surface area (Å²) in [4.78, 5) is 11.2. The number of carboxylic acid groups (broad SMARTS) is 1. The SMILES string of the molecule is CNC(C)(CC(C)Oc1ccc(C)c(C)c1)C(=O)O. The highest BCUT2D eigenvalue weighted by Gasteiger charge is 2.33. The van der Waals surface area contributed by atoms with Crippen LogP contribution >= 0.6 is 0 Å². The van der Waals surface area contributed by atoms with Crippen LogP contribution in [0.25, 0.3) is 0 Å². The number of carboxylic acids is 1. The van der Waals surface area contributed by atoms with Crippen molar-refractivity contribution < 1.29 is 14.6 Å². The normalized spacial score (nSPS) is 15.6. The zero-order valence-electron chi connectivity index (χ0n) is 12.3. The highest BCUT2D eigenvalue weighted by atomic mass is 16.5. The lowest BCUT2D eigenvalue weighted by molar-refractivity contribution is -0.145. The molecule has 0 amide bonds. The molecular formula is C15H23NO3. The van der Waals surface area contributed by atoms with Gasteiger partial charge in [0.15, 0.2) is 0 Å². The van der Waals surface area contributed by atoms with Crippen molar-refractivity contribution in [3.63, 3.8) is 0 Å². The second-order valence-corrected chi connectivity index (χ2v) is 5.27. The van der Waals surface area contributed by atoms with Gasteiger partial charge >= 0.3 is 5.97 Å². The number of rotatable bonds is 6. The predicted octanol–water partition coefficient (Wildman–Crippen LogP) is 2.52. The lowest BCUT2D eigenvalue weighted by Gasteiger charge is -2.27. The van der Waals surface area contributed by atoms with Gasteiger partial charge in [-0.05, 0) is 58.0 Å². The number of aryl methyl sites for hydroxylation is 2. The average molecular weight is 265 g/mol. The molecule has 2 N–H and O–H groups in total. The van der Waals surface area contributed by atoms with Crippen molar-refractivity contribution in [2.24, 2.45) is 0 Å². The summed E-state index contributed by atoms with van der Waals surface area (Å²) in [5.41, 5.74) is 1.41. The Morgan fingerprint density at radius 1 is 1.42 bits per heavy atom. The van der Waals surface area contributed by atoms with E-state index < -0.39 is 11.5 Å². The van der Waals surface area contributed by atoms with Crippen LogP contribution in [0.3, 0.4) is 0 Å². The Kier molecular flexibility index (Phi) is 4.95. The molecule has 0 spiro atoms. The number of hydrogen-bond donors (Lipinski definition) is 2. The van der Waals surface area contributed by atoms with E-state index in [2.05, 4.69) is 5.32 Å². The number of nitrogens with one attached hydrogen (secondary N) is 1. The minimum atomic E-state index is -0.973. The van der Waals surface area contributed by atoms with Crippen LogP contribution in [0.5, 0.6) is 5.75 Å². The molecular weight excluding hydrogens is 242 g/mol. The smallest absolute Gasteiger partial charge is 0.323 e. The lowest BCUT2D eigenvalue weighted by Crippen LogP contribution is -2.50. The van der Waals surface area contributed by atoms with E-state index in [0.717, 1.165) is 5.75 Å². The molecule has 4 nitrogen and oxygen atoms in total.